The first kappa shape index (κ1) is 11.6. The number of carbonyl (C=O) groups is 1. The molecule has 0 N–H and O–H groups in total. The Bertz CT molecular complexity index is 533. The average Bonchev–Trinajstić information content (AvgIpc) is 2.38. The van der Waals surface area contributed by atoms with Crippen LogP contribution in [0.5, 0.6) is 5.75 Å². The van der Waals surface area contributed by atoms with Crippen LogP contribution in [-0.2, 0) is 4.79 Å². The largest absolute Gasteiger partial charge is 0.479 e. The normalized spacial score (nSPS) is 14.2. The van der Waals surface area contributed by atoms with Gasteiger partial charge in [-0.3, -0.25) is 4.79 Å². The second-order valence-electron chi connectivity index (χ2n) is 4.30. The van der Waals surface area contributed by atoms with Crippen LogP contribution in [0.4, 0.5) is 0 Å². The second-order valence-corrected chi connectivity index (χ2v) is 4.30. The molecule has 0 aromatic heterocycles. The van der Waals surface area contributed by atoms with E-state index in [0.717, 1.165) is 17.1 Å². The van der Waals surface area contributed by atoms with E-state index in [1.807, 2.05) is 43.3 Å². The topological polar surface area (TPSA) is 26.3 Å². The fraction of sp³-hybridized carbons (Fsp3) is 0.267. The summed E-state index contributed by atoms with van der Waals surface area (Å²) in [4.78, 5) is 11.0. The molecule has 0 aliphatic heterocycles. The second kappa shape index (κ2) is 4.58. The third kappa shape index (κ3) is 2.47. The molecule has 1 unspecified atom stereocenters. The minimum atomic E-state index is -0.765. The maximum Gasteiger partial charge on any atom is 0.163 e. The quantitative estimate of drug-likeness (QED) is 0.748. The van der Waals surface area contributed by atoms with Gasteiger partial charge in [0, 0.05) is 6.07 Å². The van der Waals surface area contributed by atoms with Crippen molar-refractivity contribution in [3.05, 3.63) is 42.5 Å². The summed E-state index contributed by atoms with van der Waals surface area (Å²) in [6.07, 6.45) is 1.48. The molecule has 2 aromatic rings. The van der Waals surface area contributed by atoms with Crippen molar-refractivity contribution in [2.24, 2.45) is 0 Å². The maximum absolute atomic E-state index is 11.0. The molecule has 0 aliphatic carbocycles. The minimum Gasteiger partial charge on any atom is -0.479 e. The van der Waals surface area contributed by atoms with Crippen LogP contribution in [0.1, 0.15) is 20.3 Å². The van der Waals surface area contributed by atoms with Gasteiger partial charge < -0.3 is 4.74 Å². The molecular formula is C15H15O2. The lowest BCUT2D eigenvalue weighted by molar-refractivity contribution is -0.120. The van der Waals surface area contributed by atoms with E-state index >= 15 is 0 Å². The standard InChI is InChI=1S/C15H15O2/c1-3-15(2,11-16)17-14-9-8-12-6-4-5-7-13(12)10-14/h4-9,11H,3H2,1-2H3. The highest BCUT2D eigenvalue weighted by atomic mass is 16.5. The summed E-state index contributed by atoms with van der Waals surface area (Å²) in [6, 6.07) is 14.9. The molecular weight excluding hydrogens is 212 g/mol. The molecule has 1 atom stereocenters. The predicted molar refractivity (Wildman–Crippen MR) is 68.2 cm³/mol. The first-order valence-electron chi connectivity index (χ1n) is 5.73. The Kier molecular flexibility index (Phi) is 3.14. The summed E-state index contributed by atoms with van der Waals surface area (Å²) in [7, 11) is 0. The van der Waals surface area contributed by atoms with Gasteiger partial charge >= 0.3 is 0 Å². The van der Waals surface area contributed by atoms with E-state index in [1.54, 1.807) is 6.92 Å². The monoisotopic (exact) mass is 227 g/mol. The number of ether oxygens (including phenoxy) is 1. The number of hydrogen-bond acceptors (Lipinski definition) is 2. The van der Waals surface area contributed by atoms with E-state index in [4.69, 9.17) is 4.74 Å². The van der Waals surface area contributed by atoms with Crippen molar-refractivity contribution < 1.29 is 9.53 Å². The zero-order valence-corrected chi connectivity index (χ0v) is 10.1. The fourth-order valence-electron chi connectivity index (χ4n) is 1.59. The van der Waals surface area contributed by atoms with Crippen molar-refractivity contribution in [2.45, 2.75) is 25.9 Å². The van der Waals surface area contributed by atoms with Gasteiger partial charge in [-0.25, -0.2) is 0 Å². The molecule has 0 spiro atoms. The van der Waals surface area contributed by atoms with E-state index in [9.17, 15) is 4.79 Å². The summed E-state index contributed by atoms with van der Waals surface area (Å²) in [5.74, 6) is 0.611. The number of aldehydes is 1. The van der Waals surface area contributed by atoms with Crippen LogP contribution in [0.25, 0.3) is 10.8 Å². The third-order valence-electron chi connectivity index (χ3n) is 2.93. The SMILES string of the molecule is CCC(C)(C=O)Oc1[c]c2ccccc2cc1. The highest BCUT2D eigenvalue weighted by Crippen LogP contribution is 2.23. The van der Waals surface area contributed by atoms with E-state index in [2.05, 4.69) is 6.07 Å². The molecule has 87 valence electrons. The number of fused-ring (bicyclic) bond motifs is 1. The molecule has 2 heteroatoms. The van der Waals surface area contributed by atoms with Crippen molar-refractivity contribution in [3.63, 3.8) is 0 Å². The molecule has 17 heavy (non-hydrogen) atoms. The zero-order chi connectivity index (χ0) is 12.3. The van der Waals surface area contributed by atoms with E-state index in [0.29, 0.717) is 12.2 Å². The Hall–Kier alpha value is -1.83. The highest BCUT2D eigenvalue weighted by molar-refractivity contribution is 5.83. The molecule has 1 radical (unpaired) electrons. The smallest absolute Gasteiger partial charge is 0.163 e. The molecule has 0 bridgehead atoms. The molecule has 2 nitrogen and oxygen atoms in total. The first-order chi connectivity index (χ1) is 8.17. The van der Waals surface area contributed by atoms with Crippen LogP contribution in [0.2, 0.25) is 0 Å². The number of rotatable bonds is 4. The van der Waals surface area contributed by atoms with Gasteiger partial charge in [0.2, 0.25) is 0 Å². The maximum atomic E-state index is 11.0. The van der Waals surface area contributed by atoms with Crippen LogP contribution in [0.3, 0.4) is 0 Å². The Morgan fingerprint density at radius 3 is 2.76 bits per heavy atom. The summed E-state index contributed by atoms with van der Waals surface area (Å²) in [5, 5.41) is 2.11. The van der Waals surface area contributed by atoms with Crippen LogP contribution in [0.15, 0.2) is 36.4 Å². The Labute approximate surface area is 101 Å². The van der Waals surface area contributed by atoms with Gasteiger partial charge in [-0.05, 0) is 30.2 Å². The molecule has 2 rings (SSSR count). The lowest BCUT2D eigenvalue weighted by atomic mass is 10.1. The van der Waals surface area contributed by atoms with Crippen molar-refractivity contribution in [1.29, 1.82) is 0 Å². The Morgan fingerprint density at radius 1 is 1.29 bits per heavy atom. The zero-order valence-electron chi connectivity index (χ0n) is 10.1. The number of carbonyl (C=O) groups excluding carboxylic acids is 1. The van der Waals surface area contributed by atoms with Gasteiger partial charge in [0.1, 0.15) is 5.75 Å². The van der Waals surface area contributed by atoms with Crippen LogP contribution in [0, 0.1) is 6.07 Å². The first-order valence-corrected chi connectivity index (χ1v) is 5.73. The third-order valence-corrected chi connectivity index (χ3v) is 2.93. The molecule has 2 aromatic carbocycles. The van der Waals surface area contributed by atoms with E-state index in [-0.39, 0.29) is 0 Å². The van der Waals surface area contributed by atoms with Gasteiger partial charge in [0.15, 0.2) is 11.9 Å². The highest BCUT2D eigenvalue weighted by Gasteiger charge is 2.23. The molecule has 0 amide bonds. The summed E-state index contributed by atoms with van der Waals surface area (Å²) in [5.41, 5.74) is -0.765. The van der Waals surface area contributed by atoms with E-state index < -0.39 is 5.60 Å². The number of benzene rings is 2. The summed E-state index contributed by atoms with van der Waals surface area (Å²) in [6.45, 7) is 3.71. The molecule has 0 heterocycles. The lowest BCUT2D eigenvalue weighted by Gasteiger charge is -2.23. The van der Waals surface area contributed by atoms with Gasteiger partial charge in [0.25, 0.3) is 0 Å². The fourth-order valence-corrected chi connectivity index (χ4v) is 1.59. The Balaban J connectivity index is 2.34. The van der Waals surface area contributed by atoms with Crippen LogP contribution >= 0.6 is 0 Å². The Morgan fingerprint density at radius 2 is 2.06 bits per heavy atom. The minimum absolute atomic E-state index is 0.611. The molecule has 0 saturated heterocycles. The molecule has 0 fully saturated rings. The lowest BCUT2D eigenvalue weighted by Crippen LogP contribution is -2.33. The van der Waals surface area contributed by atoms with Crippen molar-refractivity contribution in [1.82, 2.24) is 0 Å². The van der Waals surface area contributed by atoms with Gasteiger partial charge in [-0.15, -0.1) is 0 Å². The van der Waals surface area contributed by atoms with Crippen LogP contribution < -0.4 is 4.74 Å². The molecule has 0 aliphatic rings. The van der Waals surface area contributed by atoms with Crippen molar-refractivity contribution in [3.8, 4) is 5.75 Å². The predicted octanol–water partition coefficient (Wildman–Crippen LogP) is 3.39. The van der Waals surface area contributed by atoms with Crippen LogP contribution in [-0.4, -0.2) is 11.9 Å². The van der Waals surface area contributed by atoms with Gasteiger partial charge in [0.05, 0.1) is 0 Å². The summed E-state index contributed by atoms with van der Waals surface area (Å²) >= 11 is 0. The average molecular weight is 227 g/mol. The number of hydrogen-bond donors (Lipinski definition) is 0. The summed E-state index contributed by atoms with van der Waals surface area (Å²) < 4.78 is 5.68. The molecule has 0 saturated carbocycles. The van der Waals surface area contributed by atoms with Gasteiger partial charge in [-0.2, -0.15) is 0 Å². The van der Waals surface area contributed by atoms with Crippen molar-refractivity contribution in [2.75, 3.05) is 0 Å². The van der Waals surface area contributed by atoms with E-state index in [1.165, 1.54) is 0 Å². The van der Waals surface area contributed by atoms with Gasteiger partial charge in [-0.1, -0.05) is 37.3 Å². The van der Waals surface area contributed by atoms with Crippen molar-refractivity contribution >= 4 is 17.1 Å².